The highest BCUT2D eigenvalue weighted by Crippen LogP contribution is 2.32. The number of ether oxygens (including phenoxy) is 1. The largest absolute Gasteiger partial charge is 0.496 e. The van der Waals surface area contributed by atoms with Gasteiger partial charge in [0.15, 0.2) is 5.82 Å². The maximum absolute atomic E-state index is 14.4. The van der Waals surface area contributed by atoms with Crippen LogP contribution in [0.4, 0.5) is 15.9 Å². The number of anilines is 2. The van der Waals surface area contributed by atoms with Gasteiger partial charge in [-0.25, -0.2) is 14.4 Å². The lowest BCUT2D eigenvalue weighted by Gasteiger charge is -2.24. The summed E-state index contributed by atoms with van der Waals surface area (Å²) in [4.78, 5) is 22.3. The van der Waals surface area contributed by atoms with Crippen LogP contribution in [-0.4, -0.2) is 48.0 Å². The Hall–Kier alpha value is -2.97. The molecule has 1 amide bonds. The summed E-state index contributed by atoms with van der Waals surface area (Å²) in [5, 5.41) is 6.00. The number of amides is 1. The fraction of sp³-hybridized carbons (Fsp3) is 0.286. The molecule has 30 heavy (non-hydrogen) atoms. The summed E-state index contributed by atoms with van der Waals surface area (Å²) >= 11 is 5.88. The van der Waals surface area contributed by atoms with E-state index in [1.807, 2.05) is 0 Å². The number of benzene rings is 2. The number of rotatable bonds is 7. The van der Waals surface area contributed by atoms with Crippen molar-refractivity contribution in [2.24, 2.45) is 0 Å². The van der Waals surface area contributed by atoms with Gasteiger partial charge in [0.25, 0.3) is 0 Å². The fourth-order valence-corrected chi connectivity index (χ4v) is 3.11. The van der Waals surface area contributed by atoms with Crippen molar-refractivity contribution in [3.63, 3.8) is 0 Å². The smallest absolute Gasteiger partial charge is 0.236 e. The number of carbonyl (C=O) groups excluding carboxylic acids is 1. The molecule has 7 nitrogen and oxygen atoms in total. The number of carbonyl (C=O) groups is 1. The van der Waals surface area contributed by atoms with Crippen molar-refractivity contribution in [3.8, 4) is 5.75 Å². The van der Waals surface area contributed by atoms with E-state index in [1.165, 1.54) is 19.5 Å². The van der Waals surface area contributed by atoms with Gasteiger partial charge in [-0.1, -0.05) is 17.7 Å². The minimum Gasteiger partial charge on any atom is -0.496 e. The van der Waals surface area contributed by atoms with Crippen LogP contribution >= 0.6 is 11.6 Å². The molecular formula is C21H23ClFN5O2. The molecule has 0 aliphatic heterocycles. The van der Waals surface area contributed by atoms with Gasteiger partial charge in [0.1, 0.15) is 17.9 Å². The normalized spacial score (nSPS) is 13.0. The Labute approximate surface area is 182 Å². The minimum absolute atomic E-state index is 0.0123. The number of aromatic nitrogens is 2. The Balaban J connectivity index is 2.00. The van der Waals surface area contributed by atoms with Crippen LogP contribution in [0.1, 0.15) is 15.2 Å². The standard InChI is InChI=1S/C21H23ClFN5O2/c1-12(21(29)24-2)28(3)10-13-8-14-17(9-18(13)30-4)25-11-26-20(14)27-16-7-5-6-15(22)19(16)23/h5-9,11-12H,10H2,1-4H3,(H,24,29)(H,25,26,27)/t12-/m0/s1/i2D,3D. The molecule has 0 aliphatic carbocycles. The van der Waals surface area contributed by atoms with E-state index in [0.29, 0.717) is 28.0 Å². The molecule has 2 N–H and O–H groups in total. The highest BCUT2D eigenvalue weighted by molar-refractivity contribution is 6.31. The molecule has 0 radical (unpaired) electrons. The Bertz CT molecular complexity index is 1120. The number of hydrogen-bond donors (Lipinski definition) is 2. The number of halogens is 2. The quantitative estimate of drug-likeness (QED) is 0.591. The molecule has 1 atom stereocenters. The molecule has 2 aromatic carbocycles. The Morgan fingerprint density at radius 2 is 2.23 bits per heavy atom. The van der Waals surface area contributed by atoms with Crippen LogP contribution in [0.15, 0.2) is 36.7 Å². The summed E-state index contributed by atoms with van der Waals surface area (Å²) in [5.41, 5.74) is 1.44. The van der Waals surface area contributed by atoms with Crippen molar-refractivity contribution in [2.45, 2.75) is 19.5 Å². The third-order valence-electron chi connectivity index (χ3n) is 4.72. The second-order valence-corrected chi connectivity index (χ2v) is 7.00. The van der Waals surface area contributed by atoms with Crippen LogP contribution in [-0.2, 0) is 11.3 Å². The number of likely N-dealkylation sites (N-methyl/N-ethyl adjacent to an activating group) is 2. The average molecular weight is 434 g/mol. The fourth-order valence-electron chi connectivity index (χ4n) is 2.94. The highest BCUT2D eigenvalue weighted by atomic mass is 35.5. The predicted molar refractivity (Wildman–Crippen MR) is 116 cm³/mol. The first-order chi connectivity index (χ1) is 15.4. The Kier molecular flexibility index (Phi) is 5.85. The number of hydrogen-bond acceptors (Lipinski definition) is 6. The second kappa shape index (κ2) is 9.23. The number of fused-ring (bicyclic) bond motifs is 1. The van der Waals surface area contributed by atoms with Crippen molar-refractivity contribution in [1.82, 2.24) is 20.2 Å². The predicted octanol–water partition coefficient (Wildman–Crippen LogP) is 3.74. The first-order valence-electron chi connectivity index (χ1n) is 10.4. The van der Waals surface area contributed by atoms with Crippen LogP contribution < -0.4 is 15.4 Å². The lowest BCUT2D eigenvalue weighted by molar-refractivity contribution is -0.125. The lowest BCUT2D eigenvalue weighted by atomic mass is 10.1. The van der Waals surface area contributed by atoms with Crippen molar-refractivity contribution in [1.29, 1.82) is 0 Å². The third kappa shape index (κ3) is 4.44. The van der Waals surface area contributed by atoms with Crippen LogP contribution in [0.2, 0.25) is 5.02 Å². The topological polar surface area (TPSA) is 79.4 Å². The molecule has 0 spiro atoms. The zero-order valence-electron chi connectivity index (χ0n) is 18.6. The molecule has 1 aromatic heterocycles. The van der Waals surface area contributed by atoms with Gasteiger partial charge in [0.2, 0.25) is 5.91 Å². The van der Waals surface area contributed by atoms with Crippen molar-refractivity contribution >= 4 is 39.9 Å². The molecule has 3 aromatic rings. The monoisotopic (exact) mass is 433 g/mol. The number of nitrogens with zero attached hydrogens (tertiary/aromatic N) is 3. The van der Waals surface area contributed by atoms with E-state index in [1.54, 1.807) is 36.1 Å². The van der Waals surface area contributed by atoms with Gasteiger partial charge in [0, 0.05) is 33.3 Å². The van der Waals surface area contributed by atoms with Gasteiger partial charge < -0.3 is 15.4 Å². The van der Waals surface area contributed by atoms with E-state index < -0.39 is 11.9 Å². The summed E-state index contributed by atoms with van der Waals surface area (Å²) in [6, 6.07) is 7.52. The summed E-state index contributed by atoms with van der Waals surface area (Å²) < 4.78 is 34.9. The van der Waals surface area contributed by atoms with Crippen molar-refractivity contribution in [2.75, 3.05) is 26.5 Å². The SMILES string of the molecule is [2H]CNC(=O)[C@H](C)N(C[2H])Cc1cc2c(Nc3cccc(Cl)c3F)ncnc2cc1OC. The van der Waals surface area contributed by atoms with Gasteiger partial charge in [-0.3, -0.25) is 9.69 Å². The zero-order valence-corrected chi connectivity index (χ0v) is 17.3. The number of nitrogens with one attached hydrogen (secondary N) is 2. The Morgan fingerprint density at radius 3 is 2.97 bits per heavy atom. The lowest BCUT2D eigenvalue weighted by Crippen LogP contribution is -2.41. The van der Waals surface area contributed by atoms with Crippen LogP contribution in [0.25, 0.3) is 10.9 Å². The summed E-state index contributed by atoms with van der Waals surface area (Å²) in [6.07, 6.45) is 1.36. The zero-order chi connectivity index (χ0) is 23.3. The molecule has 0 bridgehead atoms. The summed E-state index contributed by atoms with van der Waals surface area (Å²) in [7, 11) is 1.15. The first kappa shape index (κ1) is 19.0. The first-order valence-corrected chi connectivity index (χ1v) is 9.40. The maximum Gasteiger partial charge on any atom is 0.236 e. The molecule has 1 heterocycles. The van der Waals surface area contributed by atoms with E-state index in [-0.39, 0.29) is 37.2 Å². The van der Waals surface area contributed by atoms with Crippen LogP contribution in [0, 0.1) is 5.82 Å². The van der Waals surface area contributed by atoms with E-state index in [4.69, 9.17) is 19.1 Å². The molecule has 158 valence electrons. The molecule has 9 heteroatoms. The van der Waals surface area contributed by atoms with Crippen molar-refractivity contribution < 1.29 is 16.7 Å². The van der Waals surface area contributed by atoms with E-state index in [2.05, 4.69) is 20.6 Å². The van der Waals surface area contributed by atoms with Crippen LogP contribution in [0.5, 0.6) is 5.75 Å². The molecule has 0 fully saturated rings. The van der Waals surface area contributed by atoms with E-state index in [0.717, 1.165) is 0 Å². The molecule has 0 unspecified atom stereocenters. The minimum atomic E-state index is -0.622. The van der Waals surface area contributed by atoms with Gasteiger partial charge >= 0.3 is 0 Å². The van der Waals surface area contributed by atoms with Gasteiger partial charge in [-0.15, -0.1) is 0 Å². The highest BCUT2D eigenvalue weighted by Gasteiger charge is 2.19. The number of methoxy groups -OCH3 is 1. The molecule has 0 saturated heterocycles. The Morgan fingerprint density at radius 1 is 1.40 bits per heavy atom. The van der Waals surface area contributed by atoms with E-state index >= 15 is 0 Å². The van der Waals surface area contributed by atoms with Crippen LogP contribution in [0.3, 0.4) is 0 Å². The second-order valence-electron chi connectivity index (χ2n) is 6.59. The third-order valence-corrected chi connectivity index (χ3v) is 5.01. The molecule has 3 rings (SSSR count). The van der Waals surface area contributed by atoms with Gasteiger partial charge in [0.05, 0.1) is 29.4 Å². The molecule has 0 saturated carbocycles. The van der Waals surface area contributed by atoms with E-state index in [9.17, 15) is 9.18 Å². The van der Waals surface area contributed by atoms with Gasteiger partial charge in [-0.05, 0) is 32.1 Å². The maximum atomic E-state index is 14.4. The van der Waals surface area contributed by atoms with Crippen molar-refractivity contribution in [3.05, 3.63) is 53.1 Å². The summed E-state index contributed by atoms with van der Waals surface area (Å²) in [5.74, 6) is -0.0291. The molecule has 0 aliphatic rings. The van der Waals surface area contributed by atoms with Gasteiger partial charge in [-0.2, -0.15) is 0 Å². The summed E-state index contributed by atoms with van der Waals surface area (Å²) in [6.45, 7) is 1.90. The average Bonchev–Trinajstić information content (AvgIpc) is 2.79. The molecular weight excluding hydrogens is 409 g/mol.